The van der Waals surface area contributed by atoms with E-state index in [-0.39, 0.29) is 5.91 Å². The normalized spacial score (nSPS) is 9.45. The van der Waals surface area contributed by atoms with Crippen LogP contribution in [0.15, 0.2) is 42.5 Å². The van der Waals surface area contributed by atoms with Crippen LogP contribution in [0.2, 0.25) is 0 Å². The maximum atomic E-state index is 10.9. The topological polar surface area (TPSA) is 81.1 Å². The number of benzene rings is 2. The maximum absolute atomic E-state index is 10.9. The van der Waals surface area contributed by atoms with E-state index < -0.39 is 0 Å². The van der Waals surface area contributed by atoms with Crippen molar-refractivity contribution in [3.05, 3.63) is 53.6 Å². The van der Waals surface area contributed by atoms with Crippen molar-refractivity contribution in [1.29, 1.82) is 0 Å². The predicted octanol–water partition coefficient (Wildman–Crippen LogP) is 2.21. The number of anilines is 3. The van der Waals surface area contributed by atoms with Crippen LogP contribution >= 0.6 is 0 Å². The smallest absolute Gasteiger partial charge is 0.221 e. The van der Waals surface area contributed by atoms with Crippen molar-refractivity contribution < 1.29 is 4.79 Å². The first-order valence-electron chi connectivity index (χ1n) is 6.09. The summed E-state index contributed by atoms with van der Waals surface area (Å²) in [6.07, 6.45) is 0. The van der Waals surface area contributed by atoms with E-state index in [0.29, 0.717) is 11.4 Å². The van der Waals surface area contributed by atoms with Crippen LogP contribution in [0.25, 0.3) is 0 Å². The van der Waals surface area contributed by atoms with Gasteiger partial charge in [0.25, 0.3) is 0 Å². The molecule has 1 amide bonds. The molecule has 0 aromatic heterocycles. The van der Waals surface area contributed by atoms with Gasteiger partial charge in [-0.15, -0.1) is 0 Å². The molecule has 0 aliphatic rings. The molecule has 0 radical (unpaired) electrons. The lowest BCUT2D eigenvalue weighted by atomic mass is 10.1. The third-order valence-corrected chi connectivity index (χ3v) is 2.62. The Hall–Kier alpha value is -2.93. The van der Waals surface area contributed by atoms with E-state index in [0.717, 1.165) is 16.8 Å². The summed E-state index contributed by atoms with van der Waals surface area (Å²) in [5.41, 5.74) is 15.0. The molecular weight excluding hydrogens is 250 g/mol. The van der Waals surface area contributed by atoms with Crippen LogP contribution in [-0.4, -0.2) is 5.91 Å². The Morgan fingerprint density at radius 3 is 2.35 bits per heavy atom. The van der Waals surface area contributed by atoms with Gasteiger partial charge in [-0.2, -0.15) is 0 Å². The molecule has 0 saturated heterocycles. The van der Waals surface area contributed by atoms with Crippen molar-refractivity contribution >= 4 is 23.0 Å². The van der Waals surface area contributed by atoms with Crippen LogP contribution in [0.3, 0.4) is 0 Å². The summed E-state index contributed by atoms with van der Waals surface area (Å²) in [4.78, 5) is 10.9. The highest BCUT2D eigenvalue weighted by Crippen LogP contribution is 2.15. The van der Waals surface area contributed by atoms with Crippen LogP contribution in [0.1, 0.15) is 18.1 Å². The van der Waals surface area contributed by atoms with Crippen LogP contribution in [0.5, 0.6) is 0 Å². The Morgan fingerprint density at radius 2 is 1.75 bits per heavy atom. The lowest BCUT2D eigenvalue weighted by Crippen LogP contribution is -2.05. The molecule has 0 bridgehead atoms. The summed E-state index contributed by atoms with van der Waals surface area (Å²) in [5, 5.41) is 2.70. The lowest BCUT2D eigenvalue weighted by molar-refractivity contribution is -0.114. The molecule has 2 rings (SSSR count). The fraction of sp³-hybridized carbons (Fsp3) is 0.0625. The minimum Gasteiger partial charge on any atom is -0.399 e. The molecule has 4 heteroatoms. The molecule has 0 aliphatic carbocycles. The Morgan fingerprint density at radius 1 is 1.05 bits per heavy atom. The van der Waals surface area contributed by atoms with Crippen molar-refractivity contribution in [2.75, 3.05) is 16.8 Å². The fourth-order valence-electron chi connectivity index (χ4n) is 1.67. The third-order valence-electron chi connectivity index (χ3n) is 2.62. The van der Waals surface area contributed by atoms with E-state index in [4.69, 9.17) is 11.5 Å². The molecule has 5 N–H and O–H groups in total. The van der Waals surface area contributed by atoms with Crippen molar-refractivity contribution in [3.63, 3.8) is 0 Å². The zero-order valence-corrected chi connectivity index (χ0v) is 11.1. The van der Waals surface area contributed by atoms with Crippen LogP contribution in [0.4, 0.5) is 17.1 Å². The van der Waals surface area contributed by atoms with Crippen molar-refractivity contribution in [2.45, 2.75) is 6.92 Å². The first kappa shape index (κ1) is 13.5. The van der Waals surface area contributed by atoms with E-state index in [2.05, 4.69) is 17.2 Å². The number of nitrogens with one attached hydrogen (secondary N) is 1. The second-order valence-electron chi connectivity index (χ2n) is 4.36. The van der Waals surface area contributed by atoms with Gasteiger partial charge in [0.2, 0.25) is 5.91 Å². The summed E-state index contributed by atoms with van der Waals surface area (Å²) in [6.45, 7) is 1.47. The van der Waals surface area contributed by atoms with Gasteiger partial charge in [-0.3, -0.25) is 4.79 Å². The van der Waals surface area contributed by atoms with Gasteiger partial charge in [0.05, 0.1) is 0 Å². The van der Waals surface area contributed by atoms with Gasteiger partial charge in [0, 0.05) is 35.1 Å². The number of carbonyl (C=O) groups excluding carboxylic acids is 1. The molecule has 0 fully saturated rings. The van der Waals surface area contributed by atoms with Gasteiger partial charge in [-0.25, -0.2) is 0 Å². The fourth-order valence-corrected chi connectivity index (χ4v) is 1.67. The molecule has 20 heavy (non-hydrogen) atoms. The maximum Gasteiger partial charge on any atom is 0.221 e. The van der Waals surface area contributed by atoms with Crippen LogP contribution in [0, 0.1) is 11.8 Å². The average molecular weight is 265 g/mol. The van der Waals surface area contributed by atoms with Crippen LogP contribution in [-0.2, 0) is 4.79 Å². The second-order valence-corrected chi connectivity index (χ2v) is 4.36. The predicted molar refractivity (Wildman–Crippen MR) is 82.0 cm³/mol. The molecule has 0 unspecified atom stereocenters. The number of carbonyl (C=O) groups is 1. The van der Waals surface area contributed by atoms with Crippen molar-refractivity contribution in [3.8, 4) is 11.8 Å². The molecule has 0 spiro atoms. The van der Waals surface area contributed by atoms with E-state index >= 15 is 0 Å². The van der Waals surface area contributed by atoms with E-state index in [1.807, 2.05) is 12.1 Å². The molecule has 100 valence electrons. The van der Waals surface area contributed by atoms with Gasteiger partial charge < -0.3 is 16.8 Å². The molecule has 4 nitrogen and oxygen atoms in total. The highest BCUT2D eigenvalue weighted by atomic mass is 16.1. The molecular formula is C16H15N3O. The first-order chi connectivity index (χ1) is 9.54. The Bertz CT molecular complexity index is 694. The minimum atomic E-state index is -0.0986. The zero-order chi connectivity index (χ0) is 14.5. The minimum absolute atomic E-state index is 0.0986. The van der Waals surface area contributed by atoms with Gasteiger partial charge in [-0.05, 0) is 42.5 Å². The number of hydrogen-bond donors (Lipinski definition) is 3. The SMILES string of the molecule is CC(=O)Nc1ccc(C#Cc2ccc(N)cc2N)cc1. The van der Waals surface area contributed by atoms with E-state index in [1.54, 1.807) is 30.3 Å². The molecule has 2 aromatic rings. The Labute approximate surface area is 117 Å². The Kier molecular flexibility index (Phi) is 3.92. The third kappa shape index (κ3) is 3.53. The molecule has 0 atom stereocenters. The van der Waals surface area contributed by atoms with Crippen molar-refractivity contribution in [1.82, 2.24) is 0 Å². The first-order valence-corrected chi connectivity index (χ1v) is 6.09. The molecule has 2 aromatic carbocycles. The van der Waals surface area contributed by atoms with Crippen LogP contribution < -0.4 is 16.8 Å². The quantitative estimate of drug-likeness (QED) is 0.546. The number of rotatable bonds is 1. The summed E-state index contributed by atoms with van der Waals surface area (Å²) in [6, 6.07) is 12.5. The van der Waals surface area contributed by atoms with Gasteiger partial charge in [-0.1, -0.05) is 11.8 Å². The number of hydrogen-bond acceptors (Lipinski definition) is 3. The standard InChI is InChI=1S/C16H15N3O/c1-11(20)19-15-8-3-12(4-9-15)2-5-13-6-7-14(17)10-16(13)18/h3-4,6-10H,17-18H2,1H3,(H,19,20). The summed E-state index contributed by atoms with van der Waals surface area (Å²) in [5.74, 6) is 5.92. The Balaban J connectivity index is 2.18. The van der Waals surface area contributed by atoms with E-state index in [9.17, 15) is 4.79 Å². The second kappa shape index (κ2) is 5.81. The van der Waals surface area contributed by atoms with E-state index in [1.165, 1.54) is 6.92 Å². The molecule has 0 aliphatic heterocycles. The number of nitrogen functional groups attached to an aromatic ring is 2. The van der Waals surface area contributed by atoms with Gasteiger partial charge >= 0.3 is 0 Å². The monoisotopic (exact) mass is 265 g/mol. The summed E-state index contributed by atoms with van der Waals surface area (Å²) >= 11 is 0. The van der Waals surface area contributed by atoms with Gasteiger partial charge in [0.1, 0.15) is 0 Å². The molecule has 0 heterocycles. The largest absolute Gasteiger partial charge is 0.399 e. The highest BCUT2D eigenvalue weighted by molar-refractivity contribution is 5.88. The van der Waals surface area contributed by atoms with Gasteiger partial charge in [0.15, 0.2) is 0 Å². The number of nitrogens with two attached hydrogens (primary N) is 2. The highest BCUT2D eigenvalue weighted by Gasteiger charge is 1.96. The summed E-state index contributed by atoms with van der Waals surface area (Å²) < 4.78 is 0. The zero-order valence-electron chi connectivity index (χ0n) is 11.1. The number of amides is 1. The average Bonchev–Trinajstić information content (AvgIpc) is 2.39. The van der Waals surface area contributed by atoms with Crippen molar-refractivity contribution in [2.24, 2.45) is 0 Å². The summed E-state index contributed by atoms with van der Waals surface area (Å²) in [7, 11) is 0. The lowest BCUT2D eigenvalue weighted by Gasteiger charge is -2.01. The molecule has 0 saturated carbocycles.